The minimum absolute atomic E-state index is 0.0719. The highest BCUT2D eigenvalue weighted by molar-refractivity contribution is 5.73. The number of nitrogens with one attached hydrogen (secondary N) is 1. The SMILES string of the molecule is COC(=O)Cc1cc(OC(F)(F)F)[nH]c(=O)c1OC. The number of ether oxygens (including phenoxy) is 3. The molecule has 0 fully saturated rings. The second kappa shape index (κ2) is 5.63. The lowest BCUT2D eigenvalue weighted by Gasteiger charge is -2.11. The molecule has 0 aliphatic heterocycles. The van der Waals surface area contributed by atoms with Crippen LogP contribution < -0.4 is 15.0 Å². The van der Waals surface area contributed by atoms with E-state index in [-0.39, 0.29) is 11.3 Å². The molecular formula is C10H10F3NO5. The second-order valence-corrected chi connectivity index (χ2v) is 3.32. The number of halogens is 3. The Morgan fingerprint density at radius 1 is 1.37 bits per heavy atom. The topological polar surface area (TPSA) is 77.6 Å². The first-order valence-corrected chi connectivity index (χ1v) is 4.89. The van der Waals surface area contributed by atoms with Gasteiger partial charge < -0.3 is 14.2 Å². The maximum Gasteiger partial charge on any atom is 0.574 e. The van der Waals surface area contributed by atoms with Gasteiger partial charge in [0, 0.05) is 11.6 Å². The van der Waals surface area contributed by atoms with Crippen LogP contribution in [0.3, 0.4) is 0 Å². The molecule has 0 unspecified atom stereocenters. The molecule has 1 aromatic heterocycles. The van der Waals surface area contributed by atoms with Gasteiger partial charge in [0.1, 0.15) is 0 Å². The van der Waals surface area contributed by atoms with E-state index in [4.69, 9.17) is 4.74 Å². The molecule has 0 amide bonds. The first-order valence-electron chi connectivity index (χ1n) is 4.89. The van der Waals surface area contributed by atoms with Gasteiger partial charge in [-0.3, -0.25) is 14.6 Å². The van der Waals surface area contributed by atoms with Crippen LogP contribution in [0.2, 0.25) is 0 Å². The molecule has 0 saturated heterocycles. The van der Waals surface area contributed by atoms with Crippen LogP contribution >= 0.6 is 0 Å². The Hall–Kier alpha value is -2.19. The third-order valence-corrected chi connectivity index (χ3v) is 2.03. The Kier molecular flexibility index (Phi) is 4.41. The highest BCUT2D eigenvalue weighted by Crippen LogP contribution is 2.23. The molecule has 0 aromatic carbocycles. The summed E-state index contributed by atoms with van der Waals surface area (Å²) in [5, 5.41) is 0. The number of aromatic amines is 1. The second-order valence-electron chi connectivity index (χ2n) is 3.32. The summed E-state index contributed by atoms with van der Waals surface area (Å²) in [7, 11) is 2.25. The maximum atomic E-state index is 12.0. The highest BCUT2D eigenvalue weighted by Gasteiger charge is 2.32. The van der Waals surface area contributed by atoms with E-state index in [2.05, 4.69) is 9.47 Å². The van der Waals surface area contributed by atoms with Gasteiger partial charge in [-0.05, 0) is 0 Å². The number of hydrogen-bond donors (Lipinski definition) is 1. The summed E-state index contributed by atoms with van der Waals surface area (Å²) in [5.74, 6) is -1.85. The van der Waals surface area contributed by atoms with E-state index in [0.717, 1.165) is 20.3 Å². The van der Waals surface area contributed by atoms with Crippen LogP contribution in [0.1, 0.15) is 5.56 Å². The Morgan fingerprint density at radius 3 is 2.47 bits per heavy atom. The summed E-state index contributed by atoms with van der Waals surface area (Å²) < 4.78 is 48.8. The Labute approximate surface area is 105 Å². The molecule has 0 bridgehead atoms. The number of esters is 1. The summed E-state index contributed by atoms with van der Waals surface area (Å²) in [4.78, 5) is 24.4. The van der Waals surface area contributed by atoms with Crippen LogP contribution in [0.4, 0.5) is 13.2 Å². The smallest absolute Gasteiger partial charge is 0.491 e. The predicted molar refractivity (Wildman–Crippen MR) is 56.0 cm³/mol. The van der Waals surface area contributed by atoms with Crippen LogP contribution in [-0.2, 0) is 16.0 Å². The molecule has 106 valence electrons. The number of pyridine rings is 1. The fourth-order valence-electron chi connectivity index (χ4n) is 1.34. The fraction of sp³-hybridized carbons (Fsp3) is 0.400. The number of rotatable bonds is 4. The first-order chi connectivity index (χ1) is 8.76. The third kappa shape index (κ3) is 4.19. The van der Waals surface area contributed by atoms with Gasteiger partial charge in [0.05, 0.1) is 20.6 Å². The van der Waals surface area contributed by atoms with Crippen molar-refractivity contribution >= 4 is 5.97 Å². The molecule has 1 N–H and O–H groups in total. The van der Waals surface area contributed by atoms with Crippen molar-refractivity contribution in [1.82, 2.24) is 4.98 Å². The molecule has 0 aliphatic rings. The van der Waals surface area contributed by atoms with Gasteiger partial charge in [-0.25, -0.2) is 0 Å². The van der Waals surface area contributed by atoms with Crippen molar-refractivity contribution in [2.45, 2.75) is 12.8 Å². The molecule has 6 nitrogen and oxygen atoms in total. The van der Waals surface area contributed by atoms with Crippen LogP contribution in [0.5, 0.6) is 11.6 Å². The van der Waals surface area contributed by atoms with Crippen molar-refractivity contribution in [1.29, 1.82) is 0 Å². The Balaban J connectivity index is 3.18. The number of carbonyl (C=O) groups excluding carboxylic acids is 1. The zero-order chi connectivity index (χ0) is 14.6. The largest absolute Gasteiger partial charge is 0.574 e. The minimum Gasteiger partial charge on any atom is -0.491 e. The molecule has 0 radical (unpaired) electrons. The number of aromatic nitrogens is 1. The van der Waals surface area contributed by atoms with Gasteiger partial charge in [0.25, 0.3) is 5.56 Å². The summed E-state index contributed by atoms with van der Waals surface area (Å²) in [6.07, 6.45) is -5.38. The van der Waals surface area contributed by atoms with Crippen molar-refractivity contribution in [3.63, 3.8) is 0 Å². The normalized spacial score (nSPS) is 11.0. The Bertz CT molecular complexity index is 523. The molecule has 0 atom stereocenters. The van der Waals surface area contributed by atoms with Gasteiger partial charge >= 0.3 is 12.3 Å². The number of H-pyrrole nitrogens is 1. The predicted octanol–water partition coefficient (Wildman–Crippen LogP) is 0.998. The van der Waals surface area contributed by atoms with Crippen molar-refractivity contribution < 1.29 is 32.2 Å². The average molecular weight is 281 g/mol. The maximum absolute atomic E-state index is 12.0. The monoisotopic (exact) mass is 281 g/mol. The molecule has 0 spiro atoms. The van der Waals surface area contributed by atoms with Gasteiger partial charge in [-0.15, -0.1) is 13.2 Å². The van der Waals surface area contributed by atoms with Gasteiger partial charge in [-0.1, -0.05) is 0 Å². The average Bonchev–Trinajstić information content (AvgIpc) is 2.26. The van der Waals surface area contributed by atoms with Crippen LogP contribution in [0, 0.1) is 0 Å². The number of alkyl halides is 3. The van der Waals surface area contributed by atoms with Crippen molar-refractivity contribution in [2.24, 2.45) is 0 Å². The molecule has 1 heterocycles. The zero-order valence-electron chi connectivity index (χ0n) is 9.96. The van der Waals surface area contributed by atoms with Crippen molar-refractivity contribution in [3.05, 3.63) is 22.0 Å². The van der Waals surface area contributed by atoms with Crippen LogP contribution in [0.25, 0.3) is 0 Å². The Morgan fingerprint density at radius 2 is 2.00 bits per heavy atom. The molecule has 1 rings (SSSR count). The van der Waals surface area contributed by atoms with Crippen molar-refractivity contribution in [2.75, 3.05) is 14.2 Å². The van der Waals surface area contributed by atoms with Gasteiger partial charge in [0.2, 0.25) is 5.88 Å². The summed E-state index contributed by atoms with van der Waals surface area (Å²) in [6.45, 7) is 0. The first kappa shape index (κ1) is 14.9. The fourth-order valence-corrected chi connectivity index (χ4v) is 1.34. The van der Waals surface area contributed by atoms with E-state index in [1.165, 1.54) is 0 Å². The number of methoxy groups -OCH3 is 2. The van der Waals surface area contributed by atoms with Crippen LogP contribution in [-0.4, -0.2) is 31.5 Å². The van der Waals surface area contributed by atoms with E-state index in [1.807, 2.05) is 4.98 Å². The summed E-state index contributed by atoms with van der Waals surface area (Å²) in [6, 6.07) is 0.852. The lowest BCUT2D eigenvalue weighted by atomic mass is 10.2. The zero-order valence-corrected chi connectivity index (χ0v) is 9.96. The summed E-state index contributed by atoms with van der Waals surface area (Å²) in [5.41, 5.74) is -1.01. The number of carbonyl (C=O) groups is 1. The molecule has 19 heavy (non-hydrogen) atoms. The van der Waals surface area contributed by atoms with E-state index >= 15 is 0 Å². The third-order valence-electron chi connectivity index (χ3n) is 2.03. The minimum atomic E-state index is -4.96. The van der Waals surface area contributed by atoms with Gasteiger partial charge in [0.15, 0.2) is 5.75 Å². The molecule has 1 aromatic rings. The number of hydrogen-bond acceptors (Lipinski definition) is 5. The molecule has 0 aliphatic carbocycles. The lowest BCUT2D eigenvalue weighted by Crippen LogP contribution is -2.22. The van der Waals surface area contributed by atoms with E-state index < -0.39 is 30.2 Å². The van der Waals surface area contributed by atoms with Crippen molar-refractivity contribution in [3.8, 4) is 11.6 Å². The van der Waals surface area contributed by atoms with E-state index in [0.29, 0.717) is 0 Å². The lowest BCUT2D eigenvalue weighted by molar-refractivity contribution is -0.276. The molecule has 9 heteroatoms. The van der Waals surface area contributed by atoms with Gasteiger partial charge in [-0.2, -0.15) is 0 Å². The molecule has 0 saturated carbocycles. The standard InChI is InChI=1S/C10H10F3NO5/c1-17-7(15)4-5-3-6(19-10(11,12)13)14-9(16)8(5)18-2/h3H,4H2,1-2H3,(H,14,16). The summed E-state index contributed by atoms with van der Waals surface area (Å²) >= 11 is 0. The highest BCUT2D eigenvalue weighted by atomic mass is 19.4. The van der Waals surface area contributed by atoms with Crippen LogP contribution in [0.15, 0.2) is 10.9 Å². The quantitative estimate of drug-likeness (QED) is 0.833. The van der Waals surface area contributed by atoms with E-state index in [9.17, 15) is 22.8 Å². The molecular weight excluding hydrogens is 271 g/mol. The van der Waals surface area contributed by atoms with E-state index in [1.54, 1.807) is 0 Å².